The van der Waals surface area contributed by atoms with E-state index in [1.807, 2.05) is 6.07 Å². The molecule has 0 aliphatic carbocycles. The first-order chi connectivity index (χ1) is 9.63. The zero-order valence-electron chi connectivity index (χ0n) is 10.9. The minimum absolute atomic E-state index is 0.308. The third-order valence-electron chi connectivity index (χ3n) is 2.73. The zero-order chi connectivity index (χ0) is 14.5. The summed E-state index contributed by atoms with van der Waals surface area (Å²) in [6.07, 6.45) is 0. The van der Waals surface area contributed by atoms with Crippen molar-refractivity contribution in [1.29, 1.82) is 5.26 Å². The molecular weight excluding hydrogens is 276 g/mol. The van der Waals surface area contributed by atoms with E-state index in [1.54, 1.807) is 30.3 Å². The predicted octanol–water partition coefficient (Wildman–Crippen LogP) is 3.38. The van der Waals surface area contributed by atoms with E-state index in [-0.39, 0.29) is 0 Å². The van der Waals surface area contributed by atoms with Crippen LogP contribution in [-0.2, 0) is 6.61 Å². The van der Waals surface area contributed by atoms with Gasteiger partial charge in [0.1, 0.15) is 24.2 Å². The molecular formula is C15H13ClN2O2. The van der Waals surface area contributed by atoms with Crippen molar-refractivity contribution in [2.24, 2.45) is 0 Å². The number of rotatable bonds is 4. The molecule has 0 aromatic heterocycles. The molecule has 20 heavy (non-hydrogen) atoms. The number of hydrogen-bond donors (Lipinski definition) is 1. The molecule has 0 fully saturated rings. The van der Waals surface area contributed by atoms with Gasteiger partial charge in [0.15, 0.2) is 0 Å². The van der Waals surface area contributed by atoms with Crippen LogP contribution in [0.25, 0.3) is 0 Å². The Morgan fingerprint density at radius 3 is 2.60 bits per heavy atom. The van der Waals surface area contributed by atoms with Crippen molar-refractivity contribution in [1.82, 2.24) is 0 Å². The quantitative estimate of drug-likeness (QED) is 0.876. The third-order valence-corrected chi connectivity index (χ3v) is 3.03. The van der Waals surface area contributed by atoms with E-state index in [0.717, 1.165) is 5.56 Å². The molecule has 2 rings (SSSR count). The fraction of sp³-hybridized carbons (Fsp3) is 0.133. The number of halogens is 1. The lowest BCUT2D eigenvalue weighted by molar-refractivity contribution is 0.306. The summed E-state index contributed by atoms with van der Waals surface area (Å²) in [5, 5.41) is 9.49. The lowest BCUT2D eigenvalue weighted by Crippen LogP contribution is -1.98. The van der Waals surface area contributed by atoms with E-state index in [4.69, 9.17) is 32.1 Å². The van der Waals surface area contributed by atoms with Gasteiger partial charge < -0.3 is 15.2 Å². The standard InChI is InChI=1S/C15H13ClN2O2/c1-19-14-4-2-10(6-11(14)8-17)9-20-15-5-3-12(18)7-13(15)16/h2-7H,9,18H2,1H3. The first kappa shape index (κ1) is 14.0. The van der Waals surface area contributed by atoms with Gasteiger partial charge in [-0.15, -0.1) is 0 Å². The molecule has 0 unspecified atom stereocenters. The van der Waals surface area contributed by atoms with Crippen molar-refractivity contribution in [2.45, 2.75) is 6.61 Å². The Labute approximate surface area is 122 Å². The van der Waals surface area contributed by atoms with Crippen LogP contribution in [0.3, 0.4) is 0 Å². The second-order valence-electron chi connectivity index (χ2n) is 4.12. The van der Waals surface area contributed by atoms with E-state index < -0.39 is 0 Å². The normalized spacial score (nSPS) is 9.85. The summed E-state index contributed by atoms with van der Waals surface area (Å²) in [6, 6.07) is 12.4. The van der Waals surface area contributed by atoms with Crippen molar-refractivity contribution in [2.75, 3.05) is 12.8 Å². The van der Waals surface area contributed by atoms with Crippen molar-refractivity contribution in [3.63, 3.8) is 0 Å². The SMILES string of the molecule is COc1ccc(COc2ccc(N)cc2Cl)cc1C#N. The van der Waals surface area contributed by atoms with Crippen LogP contribution in [0.15, 0.2) is 36.4 Å². The summed E-state index contributed by atoms with van der Waals surface area (Å²) in [4.78, 5) is 0. The molecule has 5 heteroatoms. The van der Waals surface area contributed by atoms with Crippen molar-refractivity contribution >= 4 is 17.3 Å². The highest BCUT2D eigenvalue weighted by Crippen LogP contribution is 2.27. The summed E-state index contributed by atoms with van der Waals surface area (Å²) in [5.41, 5.74) is 7.52. The van der Waals surface area contributed by atoms with Crippen molar-refractivity contribution in [3.8, 4) is 17.6 Å². The molecule has 0 atom stereocenters. The van der Waals surface area contributed by atoms with Crippen LogP contribution in [0, 0.1) is 11.3 Å². The number of nitrogen functional groups attached to an aromatic ring is 1. The van der Waals surface area contributed by atoms with Gasteiger partial charge in [-0.2, -0.15) is 5.26 Å². The molecule has 0 aliphatic rings. The summed E-state index contributed by atoms with van der Waals surface area (Å²) < 4.78 is 10.7. The third kappa shape index (κ3) is 3.14. The fourth-order valence-corrected chi connectivity index (χ4v) is 1.97. The molecule has 0 heterocycles. The highest BCUT2D eigenvalue weighted by Gasteiger charge is 2.06. The Bertz CT molecular complexity index is 665. The minimum Gasteiger partial charge on any atom is -0.495 e. The maximum Gasteiger partial charge on any atom is 0.138 e. The lowest BCUT2D eigenvalue weighted by Gasteiger charge is -2.10. The average Bonchev–Trinajstić information content (AvgIpc) is 2.46. The molecule has 0 bridgehead atoms. The number of benzene rings is 2. The molecule has 2 aromatic carbocycles. The van der Waals surface area contributed by atoms with E-state index in [1.165, 1.54) is 7.11 Å². The molecule has 4 nitrogen and oxygen atoms in total. The highest BCUT2D eigenvalue weighted by molar-refractivity contribution is 6.32. The van der Waals surface area contributed by atoms with Gasteiger partial charge in [-0.3, -0.25) is 0 Å². The van der Waals surface area contributed by atoms with Crippen LogP contribution in [0.5, 0.6) is 11.5 Å². The Morgan fingerprint density at radius 1 is 1.20 bits per heavy atom. The fourth-order valence-electron chi connectivity index (χ4n) is 1.73. The van der Waals surface area contributed by atoms with Crippen LogP contribution in [0.4, 0.5) is 5.69 Å². The maximum absolute atomic E-state index is 9.03. The average molecular weight is 289 g/mol. The predicted molar refractivity (Wildman–Crippen MR) is 77.9 cm³/mol. The Hall–Kier alpha value is -2.38. The zero-order valence-corrected chi connectivity index (χ0v) is 11.6. The highest BCUT2D eigenvalue weighted by atomic mass is 35.5. The van der Waals surface area contributed by atoms with E-state index in [2.05, 4.69) is 6.07 Å². The second-order valence-corrected chi connectivity index (χ2v) is 4.53. The lowest BCUT2D eigenvalue weighted by atomic mass is 10.1. The molecule has 102 valence electrons. The van der Waals surface area contributed by atoms with Crippen LogP contribution in [-0.4, -0.2) is 7.11 Å². The first-order valence-corrected chi connectivity index (χ1v) is 6.26. The molecule has 0 spiro atoms. The van der Waals surface area contributed by atoms with Gasteiger partial charge in [0.05, 0.1) is 17.7 Å². The molecule has 0 saturated heterocycles. The van der Waals surface area contributed by atoms with Crippen LogP contribution >= 0.6 is 11.6 Å². The van der Waals surface area contributed by atoms with Gasteiger partial charge in [-0.25, -0.2) is 0 Å². The van der Waals surface area contributed by atoms with E-state index >= 15 is 0 Å². The number of nitrogens with two attached hydrogens (primary N) is 1. The minimum atomic E-state index is 0.308. The summed E-state index contributed by atoms with van der Waals surface area (Å²) in [6.45, 7) is 0.308. The van der Waals surface area contributed by atoms with Crippen molar-refractivity contribution in [3.05, 3.63) is 52.5 Å². The Morgan fingerprint density at radius 2 is 1.95 bits per heavy atom. The van der Waals surface area contributed by atoms with E-state index in [0.29, 0.717) is 34.4 Å². The largest absolute Gasteiger partial charge is 0.495 e. The number of hydrogen-bond acceptors (Lipinski definition) is 4. The smallest absolute Gasteiger partial charge is 0.138 e. The van der Waals surface area contributed by atoms with Gasteiger partial charge >= 0.3 is 0 Å². The molecule has 2 aromatic rings. The van der Waals surface area contributed by atoms with Gasteiger partial charge in [-0.05, 0) is 35.9 Å². The van der Waals surface area contributed by atoms with Gasteiger partial charge in [0, 0.05) is 5.69 Å². The summed E-state index contributed by atoms with van der Waals surface area (Å²) >= 11 is 6.02. The van der Waals surface area contributed by atoms with E-state index in [9.17, 15) is 0 Å². The summed E-state index contributed by atoms with van der Waals surface area (Å²) in [7, 11) is 1.53. The van der Waals surface area contributed by atoms with Crippen molar-refractivity contribution < 1.29 is 9.47 Å². The van der Waals surface area contributed by atoms with Crippen LogP contribution in [0.1, 0.15) is 11.1 Å². The van der Waals surface area contributed by atoms with Gasteiger partial charge in [-0.1, -0.05) is 17.7 Å². The maximum atomic E-state index is 9.03. The number of nitriles is 1. The molecule has 0 radical (unpaired) electrons. The number of anilines is 1. The molecule has 0 saturated carbocycles. The van der Waals surface area contributed by atoms with Crippen LogP contribution in [0.2, 0.25) is 5.02 Å². The molecule has 0 amide bonds. The number of ether oxygens (including phenoxy) is 2. The van der Waals surface area contributed by atoms with Gasteiger partial charge in [0.25, 0.3) is 0 Å². The summed E-state index contributed by atoms with van der Waals surface area (Å²) in [5.74, 6) is 1.09. The topological polar surface area (TPSA) is 68.3 Å². The molecule has 2 N–H and O–H groups in total. The first-order valence-electron chi connectivity index (χ1n) is 5.89. The molecule has 0 aliphatic heterocycles. The van der Waals surface area contributed by atoms with Gasteiger partial charge in [0.2, 0.25) is 0 Å². The van der Waals surface area contributed by atoms with Crippen LogP contribution < -0.4 is 15.2 Å². The Kier molecular flexibility index (Phi) is 4.34. The number of nitrogens with zero attached hydrogens (tertiary/aromatic N) is 1. The number of methoxy groups -OCH3 is 1. The monoisotopic (exact) mass is 288 g/mol. The Balaban J connectivity index is 2.13. The second kappa shape index (κ2) is 6.18.